The molecule has 0 atom stereocenters. The highest BCUT2D eigenvalue weighted by molar-refractivity contribution is 5.94. The van der Waals surface area contributed by atoms with Gasteiger partial charge in [0.1, 0.15) is 0 Å². The summed E-state index contributed by atoms with van der Waals surface area (Å²) in [6.45, 7) is 10.5. The summed E-state index contributed by atoms with van der Waals surface area (Å²) in [7, 11) is 1.65. The molecule has 1 aromatic rings. The maximum Gasteiger partial charge on any atom is 0.251 e. The molecule has 0 aliphatic carbocycles. The third kappa shape index (κ3) is 7.89. The van der Waals surface area contributed by atoms with Crippen molar-refractivity contribution < 1.29 is 4.79 Å². The average Bonchev–Trinajstić information content (AvgIpc) is 2.72. The van der Waals surface area contributed by atoms with Crippen molar-refractivity contribution in [2.24, 2.45) is 10.9 Å². The van der Waals surface area contributed by atoms with Crippen LogP contribution in [0.3, 0.4) is 0 Å². The summed E-state index contributed by atoms with van der Waals surface area (Å²) < 4.78 is 0. The zero-order valence-corrected chi connectivity index (χ0v) is 17.8. The van der Waals surface area contributed by atoms with Crippen LogP contribution in [-0.4, -0.2) is 63.1 Å². The van der Waals surface area contributed by atoms with Crippen molar-refractivity contribution in [1.82, 2.24) is 20.9 Å². The van der Waals surface area contributed by atoms with Crippen molar-refractivity contribution in [1.29, 1.82) is 0 Å². The molecule has 2 rings (SSSR count). The van der Waals surface area contributed by atoms with Gasteiger partial charge in [-0.15, -0.1) is 0 Å². The van der Waals surface area contributed by atoms with Gasteiger partial charge in [-0.25, -0.2) is 0 Å². The molecule has 6 nitrogen and oxygen atoms in total. The summed E-state index contributed by atoms with van der Waals surface area (Å²) in [4.78, 5) is 19.0. The Morgan fingerprint density at radius 3 is 2.75 bits per heavy atom. The molecule has 156 valence electrons. The first kappa shape index (κ1) is 22.2. The van der Waals surface area contributed by atoms with E-state index in [-0.39, 0.29) is 5.91 Å². The van der Waals surface area contributed by atoms with E-state index in [9.17, 15) is 4.79 Å². The van der Waals surface area contributed by atoms with E-state index in [0.717, 1.165) is 56.5 Å². The van der Waals surface area contributed by atoms with Gasteiger partial charge in [0.15, 0.2) is 5.96 Å². The van der Waals surface area contributed by atoms with Crippen LogP contribution in [0.1, 0.15) is 49.0 Å². The minimum atomic E-state index is -0.0483. The lowest BCUT2D eigenvalue weighted by atomic mass is 9.99. The van der Waals surface area contributed by atoms with Crippen LogP contribution < -0.4 is 16.0 Å². The van der Waals surface area contributed by atoms with Crippen LogP contribution in [-0.2, 0) is 6.42 Å². The Kier molecular flexibility index (Phi) is 9.83. The highest BCUT2D eigenvalue weighted by Gasteiger charge is 2.14. The molecule has 0 unspecified atom stereocenters. The van der Waals surface area contributed by atoms with E-state index in [4.69, 9.17) is 4.99 Å². The highest BCUT2D eigenvalue weighted by Crippen LogP contribution is 2.15. The normalized spacial score (nSPS) is 16.0. The van der Waals surface area contributed by atoms with Gasteiger partial charge < -0.3 is 20.9 Å². The van der Waals surface area contributed by atoms with Crippen molar-refractivity contribution >= 4 is 11.9 Å². The Hall–Kier alpha value is -2.08. The van der Waals surface area contributed by atoms with Gasteiger partial charge in [0.05, 0.1) is 0 Å². The van der Waals surface area contributed by atoms with Gasteiger partial charge >= 0.3 is 0 Å². The third-order valence-corrected chi connectivity index (χ3v) is 5.25. The van der Waals surface area contributed by atoms with Crippen LogP contribution in [0.15, 0.2) is 29.3 Å². The molecule has 1 amide bonds. The first-order valence-corrected chi connectivity index (χ1v) is 10.7. The van der Waals surface area contributed by atoms with Crippen molar-refractivity contribution in [3.05, 3.63) is 35.4 Å². The molecular formula is C22H37N5O. The first-order valence-electron chi connectivity index (χ1n) is 10.7. The molecule has 3 N–H and O–H groups in total. The lowest BCUT2D eigenvalue weighted by Crippen LogP contribution is -2.38. The monoisotopic (exact) mass is 387 g/mol. The van der Waals surface area contributed by atoms with Gasteiger partial charge in [-0.3, -0.25) is 9.79 Å². The van der Waals surface area contributed by atoms with Crippen LogP contribution in [0, 0.1) is 5.92 Å². The summed E-state index contributed by atoms with van der Waals surface area (Å²) in [5, 5.41) is 9.38. The lowest BCUT2D eigenvalue weighted by Gasteiger charge is -2.29. The van der Waals surface area contributed by atoms with E-state index in [1.807, 2.05) is 18.2 Å². The Balaban J connectivity index is 1.73. The molecule has 0 radical (unpaired) electrons. The molecule has 1 aliphatic heterocycles. The van der Waals surface area contributed by atoms with E-state index in [1.165, 1.54) is 25.9 Å². The molecule has 1 heterocycles. The van der Waals surface area contributed by atoms with E-state index < -0.39 is 0 Å². The molecule has 1 aromatic carbocycles. The summed E-state index contributed by atoms with van der Waals surface area (Å²) in [6.07, 6.45) is 4.60. The van der Waals surface area contributed by atoms with Crippen molar-refractivity contribution in [3.8, 4) is 0 Å². The number of benzene rings is 1. The number of aliphatic imine (C=N–C) groups is 1. The highest BCUT2D eigenvalue weighted by atomic mass is 16.1. The molecule has 0 aromatic heterocycles. The Morgan fingerprint density at radius 1 is 1.25 bits per heavy atom. The number of nitrogens with zero attached hydrogens (tertiary/aromatic N) is 2. The number of piperidine rings is 1. The van der Waals surface area contributed by atoms with E-state index >= 15 is 0 Å². The zero-order valence-electron chi connectivity index (χ0n) is 17.8. The molecule has 1 saturated heterocycles. The van der Waals surface area contributed by atoms with Crippen LogP contribution >= 0.6 is 0 Å². The molecular weight excluding hydrogens is 350 g/mol. The second kappa shape index (κ2) is 12.4. The first-order chi connectivity index (χ1) is 13.6. The number of nitrogens with one attached hydrogen (secondary N) is 3. The van der Waals surface area contributed by atoms with Crippen molar-refractivity contribution in [2.45, 2.75) is 39.5 Å². The fourth-order valence-corrected chi connectivity index (χ4v) is 3.45. The summed E-state index contributed by atoms with van der Waals surface area (Å²) in [6, 6.07) is 7.77. The topological polar surface area (TPSA) is 68.8 Å². The number of carbonyl (C=O) groups excluding carboxylic acids is 1. The van der Waals surface area contributed by atoms with Crippen molar-refractivity contribution in [3.63, 3.8) is 0 Å². The molecule has 0 spiro atoms. The quantitative estimate of drug-likeness (QED) is 0.345. The predicted molar refractivity (Wildman–Crippen MR) is 117 cm³/mol. The fraction of sp³-hybridized carbons (Fsp3) is 0.636. The van der Waals surface area contributed by atoms with E-state index in [1.54, 1.807) is 7.05 Å². The number of guanidine groups is 1. The third-order valence-electron chi connectivity index (χ3n) is 5.25. The SMILES string of the molecule is CCNC(=NCCCN1CCC(C)CC1)NCCc1cccc(C(=O)NC)c1. The number of rotatable bonds is 9. The Morgan fingerprint density at radius 2 is 2.04 bits per heavy atom. The van der Waals surface area contributed by atoms with E-state index in [0.29, 0.717) is 5.56 Å². The van der Waals surface area contributed by atoms with Crippen LogP contribution in [0.5, 0.6) is 0 Å². The summed E-state index contributed by atoms with van der Waals surface area (Å²) in [5.74, 6) is 1.71. The predicted octanol–water partition coefficient (Wildman–Crippen LogP) is 2.27. The van der Waals surface area contributed by atoms with Gasteiger partial charge in [-0.2, -0.15) is 0 Å². The van der Waals surface area contributed by atoms with Gasteiger partial charge in [0.25, 0.3) is 5.91 Å². The molecule has 28 heavy (non-hydrogen) atoms. The Labute approximate surface area is 170 Å². The Bertz CT molecular complexity index is 623. The number of likely N-dealkylation sites (tertiary alicyclic amines) is 1. The van der Waals surface area contributed by atoms with Crippen LogP contribution in [0.2, 0.25) is 0 Å². The van der Waals surface area contributed by atoms with Gasteiger partial charge in [-0.1, -0.05) is 19.1 Å². The minimum Gasteiger partial charge on any atom is -0.357 e. The maximum atomic E-state index is 11.8. The smallest absolute Gasteiger partial charge is 0.251 e. The van der Waals surface area contributed by atoms with Gasteiger partial charge in [0.2, 0.25) is 0 Å². The zero-order chi connectivity index (χ0) is 20.2. The second-order valence-corrected chi connectivity index (χ2v) is 7.59. The van der Waals surface area contributed by atoms with Gasteiger partial charge in [-0.05, 0) is 75.9 Å². The summed E-state index contributed by atoms with van der Waals surface area (Å²) >= 11 is 0. The number of carbonyl (C=O) groups is 1. The fourth-order valence-electron chi connectivity index (χ4n) is 3.45. The molecule has 0 saturated carbocycles. The molecule has 1 aliphatic rings. The maximum absolute atomic E-state index is 11.8. The van der Waals surface area contributed by atoms with Crippen LogP contribution in [0.4, 0.5) is 0 Å². The standard InChI is InChI=1S/C22H37N5O/c1-4-24-22(25-12-6-14-27-15-10-18(2)11-16-27)26-13-9-19-7-5-8-20(17-19)21(28)23-3/h5,7-8,17-18H,4,6,9-16H2,1-3H3,(H,23,28)(H2,24,25,26). The molecule has 1 fully saturated rings. The lowest BCUT2D eigenvalue weighted by molar-refractivity contribution is 0.0963. The van der Waals surface area contributed by atoms with E-state index in [2.05, 4.69) is 40.8 Å². The number of amides is 1. The van der Waals surface area contributed by atoms with Crippen LogP contribution in [0.25, 0.3) is 0 Å². The summed E-state index contributed by atoms with van der Waals surface area (Å²) in [5.41, 5.74) is 1.84. The second-order valence-electron chi connectivity index (χ2n) is 7.59. The largest absolute Gasteiger partial charge is 0.357 e. The number of hydrogen-bond acceptors (Lipinski definition) is 3. The minimum absolute atomic E-state index is 0.0483. The van der Waals surface area contributed by atoms with Gasteiger partial charge in [0, 0.05) is 32.2 Å². The molecule has 0 bridgehead atoms. The average molecular weight is 388 g/mol. The number of hydrogen-bond donors (Lipinski definition) is 3. The molecule has 6 heteroatoms. The van der Waals surface area contributed by atoms with Crippen molar-refractivity contribution in [2.75, 3.05) is 46.3 Å².